The van der Waals surface area contributed by atoms with Crippen LogP contribution >= 0.6 is 0 Å². The van der Waals surface area contributed by atoms with Crippen LogP contribution in [0.3, 0.4) is 0 Å². The largest absolute Gasteiger partial charge is 0.508 e. The van der Waals surface area contributed by atoms with Crippen LogP contribution in [0.4, 0.5) is 0 Å². The molecule has 2 aromatic rings. The summed E-state index contributed by atoms with van der Waals surface area (Å²) in [7, 11) is 0. The van der Waals surface area contributed by atoms with Gasteiger partial charge in [0, 0.05) is 19.4 Å². The highest BCUT2D eigenvalue weighted by molar-refractivity contribution is 5.88. The van der Waals surface area contributed by atoms with Crippen LogP contribution in [-0.2, 0) is 23.8 Å². The monoisotopic (exact) mass is 356 g/mol. The van der Waals surface area contributed by atoms with Gasteiger partial charge in [0.1, 0.15) is 30.7 Å². The normalized spacial score (nSPS) is 22.2. The van der Waals surface area contributed by atoms with Crippen molar-refractivity contribution in [3.05, 3.63) is 54.1 Å². The van der Waals surface area contributed by atoms with E-state index in [1.54, 1.807) is 18.2 Å². The van der Waals surface area contributed by atoms with Crippen molar-refractivity contribution in [2.24, 2.45) is 0 Å². The Balaban J connectivity index is 1.95. The smallest absolute Gasteiger partial charge is 0.303 e. The van der Waals surface area contributed by atoms with Crippen LogP contribution in [0.2, 0.25) is 0 Å². The number of phenolic OH excluding ortho intramolecular Hbond substituents is 1. The maximum atomic E-state index is 11.3. The van der Waals surface area contributed by atoms with Crippen molar-refractivity contribution in [3.63, 3.8) is 0 Å². The van der Waals surface area contributed by atoms with Crippen LogP contribution in [0.15, 0.2) is 48.6 Å². The lowest BCUT2D eigenvalue weighted by atomic mass is 9.96. The van der Waals surface area contributed by atoms with E-state index in [-0.39, 0.29) is 12.4 Å². The Hall–Kier alpha value is -2.86. The van der Waals surface area contributed by atoms with E-state index in [2.05, 4.69) is 0 Å². The predicted molar refractivity (Wildman–Crippen MR) is 94.6 cm³/mol. The molecule has 136 valence electrons. The Morgan fingerprint density at radius 2 is 1.85 bits per heavy atom. The van der Waals surface area contributed by atoms with Gasteiger partial charge in [-0.25, -0.2) is 0 Å². The second kappa shape index (κ2) is 7.58. The number of hydrogen-bond donors (Lipinski definition) is 1. The maximum absolute atomic E-state index is 11.3. The Bertz CT molecular complexity index is 857. The van der Waals surface area contributed by atoms with Gasteiger partial charge in [-0.3, -0.25) is 9.59 Å². The fourth-order valence-electron chi connectivity index (χ4n) is 3.03. The average Bonchev–Trinajstić information content (AvgIpc) is 2.60. The number of phenols is 1. The van der Waals surface area contributed by atoms with Crippen LogP contribution < -0.4 is 0 Å². The highest BCUT2D eigenvalue weighted by atomic mass is 16.6. The van der Waals surface area contributed by atoms with Crippen LogP contribution in [0, 0.1) is 0 Å². The molecule has 0 fully saturated rings. The first-order chi connectivity index (χ1) is 12.5. The first-order valence-electron chi connectivity index (χ1n) is 8.30. The first kappa shape index (κ1) is 17.9. The number of benzene rings is 2. The van der Waals surface area contributed by atoms with E-state index in [0.29, 0.717) is 5.56 Å². The summed E-state index contributed by atoms with van der Waals surface area (Å²) in [6.07, 6.45) is 1.54. The molecule has 0 amide bonds. The minimum Gasteiger partial charge on any atom is -0.508 e. The molecule has 2 aromatic carbocycles. The summed E-state index contributed by atoms with van der Waals surface area (Å²) < 4.78 is 16.3. The van der Waals surface area contributed by atoms with E-state index in [0.717, 1.165) is 10.8 Å². The molecule has 1 heterocycles. The summed E-state index contributed by atoms with van der Waals surface area (Å²) in [5, 5.41) is 12.2. The molecule has 1 aliphatic heterocycles. The lowest BCUT2D eigenvalue weighted by Gasteiger charge is -2.32. The molecule has 3 rings (SSSR count). The third-order valence-corrected chi connectivity index (χ3v) is 4.15. The molecule has 0 aromatic heterocycles. The van der Waals surface area contributed by atoms with Gasteiger partial charge < -0.3 is 19.3 Å². The second-order valence-corrected chi connectivity index (χ2v) is 6.08. The first-order valence-corrected chi connectivity index (χ1v) is 8.30. The van der Waals surface area contributed by atoms with Gasteiger partial charge in [-0.05, 0) is 22.9 Å². The number of esters is 2. The summed E-state index contributed by atoms with van der Waals surface area (Å²) in [5.41, 5.74) is 0.619. The Morgan fingerprint density at radius 1 is 1.08 bits per heavy atom. The van der Waals surface area contributed by atoms with Gasteiger partial charge in [0.15, 0.2) is 0 Å². The molecule has 1 unspecified atom stereocenters. The van der Waals surface area contributed by atoms with Crippen molar-refractivity contribution in [3.8, 4) is 5.75 Å². The zero-order valence-electron chi connectivity index (χ0n) is 14.5. The molecule has 0 saturated carbocycles. The van der Waals surface area contributed by atoms with Crippen molar-refractivity contribution in [1.29, 1.82) is 0 Å². The van der Waals surface area contributed by atoms with Crippen LogP contribution in [0.25, 0.3) is 10.8 Å². The zero-order chi connectivity index (χ0) is 18.7. The maximum Gasteiger partial charge on any atom is 0.303 e. The number of carbonyl (C=O) groups excluding carboxylic acids is 2. The fourth-order valence-corrected chi connectivity index (χ4v) is 3.03. The molecule has 0 bridgehead atoms. The standard InChI is InChI=1S/C20H20O6/c1-12(21)24-11-19-17(25-13(2)22)9-10-18(26-19)20-15-6-4-3-5-14(15)7-8-16(20)23/h3-10,17-19,23H,11H2,1-2H3/t17-,18-,19?/m0/s1. The molecule has 6 nitrogen and oxygen atoms in total. The highest BCUT2D eigenvalue weighted by Gasteiger charge is 2.32. The van der Waals surface area contributed by atoms with E-state index in [1.165, 1.54) is 13.8 Å². The van der Waals surface area contributed by atoms with Gasteiger partial charge in [-0.2, -0.15) is 0 Å². The zero-order valence-corrected chi connectivity index (χ0v) is 14.5. The topological polar surface area (TPSA) is 82.1 Å². The van der Waals surface area contributed by atoms with E-state index in [4.69, 9.17) is 14.2 Å². The Labute approximate surface area is 151 Å². The Morgan fingerprint density at radius 3 is 2.58 bits per heavy atom. The van der Waals surface area contributed by atoms with Gasteiger partial charge in [-0.1, -0.05) is 36.4 Å². The molecule has 1 aliphatic rings. The SMILES string of the molecule is CC(=O)OCC1O[C@H](c2c(O)ccc3ccccc23)C=C[C@@H]1OC(C)=O. The molecule has 0 saturated heterocycles. The summed E-state index contributed by atoms with van der Waals surface area (Å²) in [6, 6.07) is 11.1. The van der Waals surface area contributed by atoms with Crippen molar-refractivity contribution in [1.82, 2.24) is 0 Å². The highest BCUT2D eigenvalue weighted by Crippen LogP contribution is 2.38. The quantitative estimate of drug-likeness (QED) is 0.670. The summed E-state index contributed by atoms with van der Waals surface area (Å²) in [6.45, 7) is 2.55. The van der Waals surface area contributed by atoms with E-state index in [1.807, 2.05) is 30.3 Å². The number of ether oxygens (including phenoxy) is 3. The number of fused-ring (bicyclic) bond motifs is 1. The molecule has 0 spiro atoms. The summed E-state index contributed by atoms with van der Waals surface area (Å²) >= 11 is 0. The summed E-state index contributed by atoms with van der Waals surface area (Å²) in [4.78, 5) is 22.5. The summed E-state index contributed by atoms with van der Waals surface area (Å²) in [5.74, 6) is -0.799. The third kappa shape index (κ3) is 3.86. The molecule has 0 radical (unpaired) electrons. The third-order valence-electron chi connectivity index (χ3n) is 4.15. The van der Waals surface area contributed by atoms with Crippen LogP contribution in [-0.4, -0.2) is 35.9 Å². The van der Waals surface area contributed by atoms with E-state index >= 15 is 0 Å². The van der Waals surface area contributed by atoms with E-state index in [9.17, 15) is 14.7 Å². The van der Waals surface area contributed by atoms with Gasteiger partial charge in [0.25, 0.3) is 0 Å². The minimum atomic E-state index is -0.670. The van der Waals surface area contributed by atoms with Gasteiger partial charge in [-0.15, -0.1) is 0 Å². The molecular weight excluding hydrogens is 336 g/mol. The van der Waals surface area contributed by atoms with Crippen molar-refractivity contribution in [2.45, 2.75) is 32.2 Å². The van der Waals surface area contributed by atoms with Crippen LogP contribution in [0.5, 0.6) is 5.75 Å². The molecule has 0 aliphatic carbocycles. The van der Waals surface area contributed by atoms with Gasteiger partial charge in [0.05, 0.1) is 0 Å². The number of aromatic hydroxyl groups is 1. The second-order valence-electron chi connectivity index (χ2n) is 6.08. The lowest BCUT2D eigenvalue weighted by Crippen LogP contribution is -2.39. The number of hydrogen-bond acceptors (Lipinski definition) is 6. The molecule has 6 heteroatoms. The minimum absolute atomic E-state index is 0.0559. The van der Waals surface area contributed by atoms with Crippen molar-refractivity contribution < 1.29 is 28.9 Å². The molecule has 26 heavy (non-hydrogen) atoms. The molecule has 3 atom stereocenters. The fraction of sp³-hybridized carbons (Fsp3) is 0.300. The van der Waals surface area contributed by atoms with Gasteiger partial charge in [0.2, 0.25) is 0 Å². The average molecular weight is 356 g/mol. The van der Waals surface area contributed by atoms with E-state index < -0.39 is 30.3 Å². The van der Waals surface area contributed by atoms with Crippen molar-refractivity contribution in [2.75, 3.05) is 6.61 Å². The number of rotatable bonds is 4. The van der Waals surface area contributed by atoms with Crippen LogP contribution in [0.1, 0.15) is 25.5 Å². The molecular formula is C20H20O6. The lowest BCUT2D eigenvalue weighted by molar-refractivity contribution is -0.163. The van der Waals surface area contributed by atoms with Crippen molar-refractivity contribution >= 4 is 22.7 Å². The number of carbonyl (C=O) groups is 2. The Kier molecular flexibility index (Phi) is 5.23. The molecule has 1 N–H and O–H groups in total. The van der Waals surface area contributed by atoms with Gasteiger partial charge >= 0.3 is 11.9 Å². The predicted octanol–water partition coefficient (Wildman–Crippen LogP) is 3.04.